The fraction of sp³-hybridized carbons (Fsp3) is 0.333. The molecule has 1 aromatic heterocycles. The highest BCUT2D eigenvalue weighted by molar-refractivity contribution is 7.98. The van der Waals surface area contributed by atoms with Gasteiger partial charge in [0.1, 0.15) is 6.33 Å². The van der Waals surface area contributed by atoms with E-state index in [0.717, 1.165) is 16.5 Å². The lowest BCUT2D eigenvalue weighted by atomic mass is 10.2. The van der Waals surface area contributed by atoms with E-state index in [1.807, 2.05) is 22.8 Å². The Bertz CT molecular complexity index is 540. The van der Waals surface area contributed by atoms with Gasteiger partial charge in [0.05, 0.1) is 10.0 Å². The number of aromatic nitrogens is 3. The van der Waals surface area contributed by atoms with E-state index < -0.39 is 0 Å². The standard InChI is InChI=1S/C12H13Cl2N3S/c1-8(2)17-7-15-16-12(17)18-6-9-3-4-10(13)11(14)5-9/h3-5,7-8H,6H2,1-2H3. The van der Waals surface area contributed by atoms with Gasteiger partial charge in [-0.1, -0.05) is 41.0 Å². The first-order chi connectivity index (χ1) is 8.58. The number of hydrogen-bond acceptors (Lipinski definition) is 3. The Labute approximate surface area is 121 Å². The smallest absolute Gasteiger partial charge is 0.191 e. The molecule has 3 nitrogen and oxygen atoms in total. The Balaban J connectivity index is 2.07. The molecule has 0 radical (unpaired) electrons. The molecule has 0 amide bonds. The lowest BCUT2D eigenvalue weighted by molar-refractivity contribution is 0.549. The van der Waals surface area contributed by atoms with E-state index in [2.05, 4.69) is 24.0 Å². The predicted molar refractivity (Wildman–Crippen MR) is 76.4 cm³/mol. The topological polar surface area (TPSA) is 30.7 Å². The van der Waals surface area contributed by atoms with Crippen molar-refractivity contribution in [3.63, 3.8) is 0 Å². The summed E-state index contributed by atoms with van der Waals surface area (Å²) >= 11 is 13.5. The second kappa shape index (κ2) is 5.95. The molecule has 18 heavy (non-hydrogen) atoms. The summed E-state index contributed by atoms with van der Waals surface area (Å²) in [6.07, 6.45) is 1.75. The summed E-state index contributed by atoms with van der Waals surface area (Å²) in [4.78, 5) is 0. The zero-order valence-corrected chi connectivity index (χ0v) is 12.4. The average Bonchev–Trinajstić information content (AvgIpc) is 2.79. The summed E-state index contributed by atoms with van der Waals surface area (Å²) in [5, 5.41) is 10.1. The minimum absolute atomic E-state index is 0.358. The number of halogens is 2. The fourth-order valence-electron chi connectivity index (χ4n) is 1.47. The van der Waals surface area contributed by atoms with E-state index >= 15 is 0 Å². The van der Waals surface area contributed by atoms with Crippen LogP contribution in [0.15, 0.2) is 29.7 Å². The van der Waals surface area contributed by atoms with Gasteiger partial charge in [0.2, 0.25) is 0 Å². The average molecular weight is 302 g/mol. The number of rotatable bonds is 4. The SMILES string of the molecule is CC(C)n1cnnc1SCc1ccc(Cl)c(Cl)c1. The van der Waals surface area contributed by atoms with Gasteiger partial charge in [-0.15, -0.1) is 10.2 Å². The summed E-state index contributed by atoms with van der Waals surface area (Å²) in [5.41, 5.74) is 1.12. The number of thioether (sulfide) groups is 1. The minimum atomic E-state index is 0.358. The van der Waals surface area contributed by atoms with E-state index in [1.54, 1.807) is 18.1 Å². The third-order valence-electron chi connectivity index (χ3n) is 2.45. The van der Waals surface area contributed by atoms with Gasteiger partial charge in [-0.2, -0.15) is 0 Å². The maximum absolute atomic E-state index is 5.98. The number of nitrogens with zero attached hydrogens (tertiary/aromatic N) is 3. The Morgan fingerprint density at radius 2 is 2.06 bits per heavy atom. The third-order valence-corrected chi connectivity index (χ3v) is 4.22. The molecule has 1 aromatic carbocycles. The number of benzene rings is 1. The Morgan fingerprint density at radius 1 is 1.28 bits per heavy atom. The van der Waals surface area contributed by atoms with Gasteiger partial charge < -0.3 is 4.57 Å². The van der Waals surface area contributed by atoms with Crippen molar-refractivity contribution in [2.45, 2.75) is 30.8 Å². The lowest BCUT2D eigenvalue weighted by Gasteiger charge is -2.09. The Kier molecular flexibility index (Phi) is 4.54. The molecule has 2 aromatic rings. The zero-order valence-electron chi connectivity index (χ0n) is 10.1. The molecule has 2 rings (SSSR count). The molecular weight excluding hydrogens is 289 g/mol. The van der Waals surface area contributed by atoms with Crippen LogP contribution < -0.4 is 0 Å². The van der Waals surface area contributed by atoms with Crippen LogP contribution in [0.5, 0.6) is 0 Å². The fourth-order valence-corrected chi connectivity index (χ4v) is 2.77. The highest BCUT2D eigenvalue weighted by Gasteiger charge is 2.08. The highest BCUT2D eigenvalue weighted by Crippen LogP contribution is 2.27. The molecule has 6 heteroatoms. The van der Waals surface area contributed by atoms with E-state index in [0.29, 0.717) is 16.1 Å². The van der Waals surface area contributed by atoms with Crippen molar-refractivity contribution < 1.29 is 0 Å². The van der Waals surface area contributed by atoms with Crippen LogP contribution >= 0.6 is 35.0 Å². The van der Waals surface area contributed by atoms with Gasteiger partial charge in [-0.05, 0) is 31.5 Å². The molecule has 0 saturated heterocycles. The maximum atomic E-state index is 5.98. The van der Waals surface area contributed by atoms with Gasteiger partial charge >= 0.3 is 0 Å². The third kappa shape index (κ3) is 3.19. The summed E-state index contributed by atoms with van der Waals surface area (Å²) in [7, 11) is 0. The first-order valence-corrected chi connectivity index (χ1v) is 7.28. The molecule has 0 bridgehead atoms. The molecule has 0 aliphatic rings. The molecule has 0 aliphatic carbocycles. The van der Waals surface area contributed by atoms with Gasteiger partial charge in [-0.25, -0.2) is 0 Å². The molecule has 0 fully saturated rings. The second-order valence-electron chi connectivity index (χ2n) is 4.15. The predicted octanol–water partition coefficient (Wildman–Crippen LogP) is 4.46. The quantitative estimate of drug-likeness (QED) is 0.781. The normalized spacial score (nSPS) is 11.2. The van der Waals surface area contributed by atoms with Crippen molar-refractivity contribution in [2.75, 3.05) is 0 Å². The van der Waals surface area contributed by atoms with Gasteiger partial charge in [0, 0.05) is 11.8 Å². The first-order valence-electron chi connectivity index (χ1n) is 5.54. The van der Waals surface area contributed by atoms with Crippen molar-refractivity contribution in [1.82, 2.24) is 14.8 Å². The number of hydrogen-bond donors (Lipinski definition) is 0. The maximum Gasteiger partial charge on any atom is 0.191 e. The Morgan fingerprint density at radius 3 is 2.72 bits per heavy atom. The second-order valence-corrected chi connectivity index (χ2v) is 5.91. The van der Waals surface area contributed by atoms with E-state index in [4.69, 9.17) is 23.2 Å². The van der Waals surface area contributed by atoms with E-state index in [9.17, 15) is 0 Å². The van der Waals surface area contributed by atoms with E-state index in [1.165, 1.54) is 0 Å². The Hall–Kier alpha value is -0.710. The molecule has 0 unspecified atom stereocenters. The molecule has 0 atom stereocenters. The summed E-state index contributed by atoms with van der Waals surface area (Å²) in [6.45, 7) is 4.21. The highest BCUT2D eigenvalue weighted by atomic mass is 35.5. The molecule has 0 saturated carbocycles. The van der Waals surface area contributed by atoms with Crippen LogP contribution in [0.4, 0.5) is 0 Å². The van der Waals surface area contributed by atoms with Crippen LogP contribution in [0.2, 0.25) is 10.0 Å². The summed E-state index contributed by atoms with van der Waals surface area (Å²) in [6, 6.07) is 6.02. The van der Waals surface area contributed by atoms with Crippen molar-refractivity contribution in [2.24, 2.45) is 0 Å². The van der Waals surface area contributed by atoms with Crippen LogP contribution in [0, 0.1) is 0 Å². The monoisotopic (exact) mass is 301 g/mol. The van der Waals surface area contributed by atoms with Crippen LogP contribution in [0.1, 0.15) is 25.5 Å². The van der Waals surface area contributed by atoms with Crippen molar-refractivity contribution in [1.29, 1.82) is 0 Å². The van der Waals surface area contributed by atoms with Crippen molar-refractivity contribution in [3.05, 3.63) is 40.1 Å². The minimum Gasteiger partial charge on any atom is -0.306 e. The lowest BCUT2D eigenvalue weighted by Crippen LogP contribution is -2.00. The first kappa shape index (κ1) is 13.7. The largest absolute Gasteiger partial charge is 0.306 e. The van der Waals surface area contributed by atoms with Crippen LogP contribution in [0.3, 0.4) is 0 Å². The van der Waals surface area contributed by atoms with Crippen molar-refractivity contribution >= 4 is 35.0 Å². The molecule has 0 aliphatic heterocycles. The van der Waals surface area contributed by atoms with Gasteiger partial charge in [0.25, 0.3) is 0 Å². The summed E-state index contributed by atoms with van der Waals surface area (Å²) < 4.78 is 2.04. The van der Waals surface area contributed by atoms with Crippen LogP contribution in [-0.4, -0.2) is 14.8 Å². The van der Waals surface area contributed by atoms with Crippen LogP contribution in [-0.2, 0) is 5.75 Å². The molecule has 0 spiro atoms. The van der Waals surface area contributed by atoms with Crippen molar-refractivity contribution in [3.8, 4) is 0 Å². The van der Waals surface area contributed by atoms with Gasteiger partial charge in [-0.3, -0.25) is 0 Å². The molecule has 1 heterocycles. The molecule has 96 valence electrons. The van der Waals surface area contributed by atoms with Crippen LogP contribution in [0.25, 0.3) is 0 Å². The van der Waals surface area contributed by atoms with E-state index in [-0.39, 0.29) is 0 Å². The van der Waals surface area contributed by atoms with Gasteiger partial charge in [0.15, 0.2) is 5.16 Å². The molecular formula is C12H13Cl2N3S. The summed E-state index contributed by atoms with van der Waals surface area (Å²) in [5.74, 6) is 0.794. The zero-order chi connectivity index (χ0) is 13.1. The molecule has 0 N–H and O–H groups in total.